The number of nitrogens with one attached hydrogen (secondary N) is 1. The molecule has 0 radical (unpaired) electrons. The maximum absolute atomic E-state index is 12.6. The summed E-state index contributed by atoms with van der Waals surface area (Å²) in [5.41, 5.74) is 1.83. The standard InChI is InChI=1S/C21H28N6OS/c1-16-14-19(24-20(22-16)26-8-3-4-9-26)25-10-12-27(13-11-25)21(28)23-17-6-5-7-18(15-17)29-2/h5-7,14-15H,3-4,8-13H2,1-2H3,(H,23,28). The number of rotatable bonds is 4. The lowest BCUT2D eigenvalue weighted by Gasteiger charge is -2.35. The summed E-state index contributed by atoms with van der Waals surface area (Å²) in [5, 5.41) is 3.02. The second kappa shape index (κ2) is 8.90. The van der Waals surface area contributed by atoms with Crippen molar-refractivity contribution in [3.63, 3.8) is 0 Å². The number of benzene rings is 1. The summed E-state index contributed by atoms with van der Waals surface area (Å²) in [6.45, 7) is 6.99. The van der Waals surface area contributed by atoms with Gasteiger partial charge >= 0.3 is 6.03 Å². The van der Waals surface area contributed by atoms with Crippen molar-refractivity contribution < 1.29 is 4.79 Å². The van der Waals surface area contributed by atoms with Crippen molar-refractivity contribution >= 4 is 35.2 Å². The van der Waals surface area contributed by atoms with Crippen LogP contribution in [0.25, 0.3) is 0 Å². The average Bonchev–Trinajstić information content (AvgIpc) is 3.28. The summed E-state index contributed by atoms with van der Waals surface area (Å²) in [7, 11) is 0. The number of nitrogens with zero attached hydrogens (tertiary/aromatic N) is 5. The van der Waals surface area contributed by atoms with Crippen LogP contribution in [0.5, 0.6) is 0 Å². The zero-order valence-corrected chi connectivity index (χ0v) is 17.9. The quantitative estimate of drug-likeness (QED) is 0.776. The smallest absolute Gasteiger partial charge is 0.321 e. The molecule has 1 aromatic carbocycles. The highest BCUT2D eigenvalue weighted by Gasteiger charge is 2.24. The molecule has 0 saturated carbocycles. The molecule has 2 aromatic rings. The van der Waals surface area contributed by atoms with Crippen molar-refractivity contribution in [3.8, 4) is 0 Å². The Morgan fingerprint density at radius 3 is 2.48 bits per heavy atom. The SMILES string of the molecule is CSc1cccc(NC(=O)N2CCN(c3cc(C)nc(N4CCCC4)n3)CC2)c1. The molecular formula is C21H28N6OS. The highest BCUT2D eigenvalue weighted by atomic mass is 32.2. The highest BCUT2D eigenvalue weighted by molar-refractivity contribution is 7.98. The van der Waals surface area contributed by atoms with E-state index in [2.05, 4.69) is 20.1 Å². The van der Waals surface area contributed by atoms with Crippen LogP contribution in [0, 0.1) is 6.92 Å². The maximum Gasteiger partial charge on any atom is 0.321 e. The molecule has 1 aromatic heterocycles. The molecular weight excluding hydrogens is 384 g/mol. The van der Waals surface area contributed by atoms with Crippen LogP contribution < -0.4 is 15.1 Å². The zero-order valence-electron chi connectivity index (χ0n) is 17.1. The third kappa shape index (κ3) is 4.75. The van der Waals surface area contributed by atoms with Gasteiger partial charge in [0.05, 0.1) is 0 Å². The molecule has 4 rings (SSSR count). The Morgan fingerprint density at radius 2 is 1.76 bits per heavy atom. The second-order valence-corrected chi connectivity index (χ2v) is 8.38. The molecule has 2 aliphatic heterocycles. The number of piperazine rings is 1. The number of aryl methyl sites for hydroxylation is 1. The number of amides is 2. The maximum atomic E-state index is 12.6. The Balaban J connectivity index is 1.37. The van der Waals surface area contributed by atoms with Gasteiger partial charge in [0.1, 0.15) is 5.82 Å². The van der Waals surface area contributed by atoms with Crippen LogP contribution in [0.3, 0.4) is 0 Å². The molecule has 0 aliphatic carbocycles. The molecule has 3 heterocycles. The summed E-state index contributed by atoms with van der Waals surface area (Å²) < 4.78 is 0. The van der Waals surface area contributed by atoms with Gasteiger partial charge in [-0.25, -0.2) is 9.78 Å². The van der Waals surface area contributed by atoms with E-state index in [-0.39, 0.29) is 6.03 Å². The lowest BCUT2D eigenvalue weighted by molar-refractivity contribution is 0.208. The minimum Gasteiger partial charge on any atom is -0.353 e. The van der Waals surface area contributed by atoms with Crippen LogP contribution in [0.2, 0.25) is 0 Å². The summed E-state index contributed by atoms with van der Waals surface area (Å²) >= 11 is 1.67. The second-order valence-electron chi connectivity index (χ2n) is 7.50. The predicted molar refractivity (Wildman–Crippen MR) is 119 cm³/mol. The van der Waals surface area contributed by atoms with E-state index in [1.165, 1.54) is 12.8 Å². The Kier molecular flexibility index (Phi) is 6.08. The molecule has 2 fully saturated rings. The molecule has 1 N–H and O–H groups in total. The normalized spacial score (nSPS) is 17.0. The Morgan fingerprint density at radius 1 is 1.00 bits per heavy atom. The largest absolute Gasteiger partial charge is 0.353 e. The fraction of sp³-hybridized carbons (Fsp3) is 0.476. The highest BCUT2D eigenvalue weighted by Crippen LogP contribution is 2.22. The first-order valence-electron chi connectivity index (χ1n) is 10.2. The van der Waals surface area contributed by atoms with Crippen molar-refractivity contribution in [3.05, 3.63) is 36.0 Å². The molecule has 29 heavy (non-hydrogen) atoms. The molecule has 2 saturated heterocycles. The first-order chi connectivity index (χ1) is 14.1. The monoisotopic (exact) mass is 412 g/mol. The number of carbonyl (C=O) groups excluding carboxylic acids is 1. The molecule has 2 aliphatic rings. The molecule has 154 valence electrons. The van der Waals surface area contributed by atoms with Crippen molar-refractivity contribution in [1.29, 1.82) is 0 Å². The van der Waals surface area contributed by atoms with E-state index < -0.39 is 0 Å². The van der Waals surface area contributed by atoms with E-state index in [1.54, 1.807) is 11.8 Å². The van der Waals surface area contributed by atoms with Crippen LogP contribution in [-0.2, 0) is 0 Å². The first kappa shape index (κ1) is 19.8. The zero-order chi connectivity index (χ0) is 20.2. The topological polar surface area (TPSA) is 64.6 Å². The molecule has 2 amide bonds. The third-order valence-corrected chi connectivity index (χ3v) is 6.16. The average molecular weight is 413 g/mol. The molecule has 8 heteroatoms. The fourth-order valence-electron chi connectivity index (χ4n) is 3.80. The summed E-state index contributed by atoms with van der Waals surface area (Å²) in [4.78, 5) is 29.6. The van der Waals surface area contributed by atoms with Crippen LogP contribution >= 0.6 is 11.8 Å². The number of aromatic nitrogens is 2. The van der Waals surface area contributed by atoms with Crippen molar-refractivity contribution in [2.45, 2.75) is 24.7 Å². The minimum absolute atomic E-state index is 0.0421. The number of hydrogen-bond donors (Lipinski definition) is 1. The van der Waals surface area contributed by atoms with Gasteiger partial charge in [0.2, 0.25) is 5.95 Å². The van der Waals surface area contributed by atoms with Gasteiger partial charge in [-0.05, 0) is 44.2 Å². The van der Waals surface area contributed by atoms with E-state index >= 15 is 0 Å². The number of hydrogen-bond acceptors (Lipinski definition) is 6. The van der Waals surface area contributed by atoms with Gasteiger partial charge in [0, 0.05) is 61.6 Å². The summed E-state index contributed by atoms with van der Waals surface area (Å²) in [6.07, 6.45) is 4.45. The number of carbonyl (C=O) groups is 1. The van der Waals surface area contributed by atoms with Crippen molar-refractivity contribution in [1.82, 2.24) is 14.9 Å². The molecule has 7 nitrogen and oxygen atoms in total. The third-order valence-electron chi connectivity index (χ3n) is 5.43. The molecule has 0 spiro atoms. The van der Waals surface area contributed by atoms with Crippen LogP contribution in [0.15, 0.2) is 35.2 Å². The molecule has 0 unspecified atom stereocenters. The predicted octanol–water partition coefficient (Wildman–Crippen LogP) is 3.46. The fourth-order valence-corrected chi connectivity index (χ4v) is 4.26. The van der Waals surface area contributed by atoms with Crippen LogP contribution in [0.4, 0.5) is 22.2 Å². The molecule has 0 bridgehead atoms. The van der Waals surface area contributed by atoms with Gasteiger partial charge in [-0.3, -0.25) is 0 Å². The van der Waals surface area contributed by atoms with Gasteiger partial charge in [0.25, 0.3) is 0 Å². The lowest BCUT2D eigenvalue weighted by atomic mass is 10.3. The van der Waals surface area contributed by atoms with Gasteiger partial charge in [-0.1, -0.05) is 6.07 Å². The van der Waals surface area contributed by atoms with E-state index in [0.29, 0.717) is 13.1 Å². The number of anilines is 3. The number of urea groups is 1. The van der Waals surface area contributed by atoms with E-state index in [1.807, 2.05) is 48.4 Å². The summed E-state index contributed by atoms with van der Waals surface area (Å²) in [6, 6.07) is 9.94. The van der Waals surface area contributed by atoms with Gasteiger partial charge in [-0.2, -0.15) is 4.98 Å². The van der Waals surface area contributed by atoms with E-state index in [4.69, 9.17) is 4.98 Å². The Bertz CT molecular complexity index is 862. The lowest BCUT2D eigenvalue weighted by Crippen LogP contribution is -2.50. The Labute approximate surface area is 176 Å². The summed E-state index contributed by atoms with van der Waals surface area (Å²) in [5.74, 6) is 1.80. The van der Waals surface area contributed by atoms with Gasteiger partial charge < -0.3 is 20.0 Å². The van der Waals surface area contributed by atoms with Crippen LogP contribution in [-0.4, -0.2) is 66.4 Å². The molecule has 0 atom stereocenters. The number of thioether (sulfide) groups is 1. The van der Waals surface area contributed by atoms with Gasteiger partial charge in [0.15, 0.2) is 0 Å². The van der Waals surface area contributed by atoms with Crippen molar-refractivity contribution in [2.75, 3.05) is 60.6 Å². The Hall–Kier alpha value is -2.48. The van der Waals surface area contributed by atoms with Crippen LogP contribution in [0.1, 0.15) is 18.5 Å². The van der Waals surface area contributed by atoms with Crippen molar-refractivity contribution in [2.24, 2.45) is 0 Å². The van der Waals surface area contributed by atoms with Gasteiger partial charge in [-0.15, -0.1) is 11.8 Å². The van der Waals surface area contributed by atoms with E-state index in [9.17, 15) is 4.79 Å². The first-order valence-corrected chi connectivity index (χ1v) is 11.4. The minimum atomic E-state index is -0.0421. The van der Waals surface area contributed by atoms with E-state index in [0.717, 1.165) is 54.2 Å².